The number of carbonyl (C=O) groups is 1. The predicted molar refractivity (Wildman–Crippen MR) is 79.0 cm³/mol. The minimum Gasteiger partial charge on any atom is -0.478 e. The highest BCUT2D eigenvalue weighted by molar-refractivity contribution is 5.89. The van der Waals surface area contributed by atoms with E-state index in [-0.39, 0.29) is 11.6 Å². The summed E-state index contributed by atoms with van der Waals surface area (Å²) in [6, 6.07) is 1.66. The Kier molecular flexibility index (Phi) is 4.79. The number of anilines is 2. The smallest absolute Gasteiger partial charge is 0.337 e. The van der Waals surface area contributed by atoms with Crippen molar-refractivity contribution in [3.05, 3.63) is 17.8 Å². The molecular weight excluding hydrogens is 256 g/mol. The Labute approximate surface area is 119 Å². The first-order valence-corrected chi connectivity index (χ1v) is 7.04. The van der Waals surface area contributed by atoms with Gasteiger partial charge in [-0.15, -0.1) is 0 Å². The second-order valence-corrected chi connectivity index (χ2v) is 5.37. The van der Waals surface area contributed by atoms with Gasteiger partial charge in [-0.05, 0) is 38.9 Å². The SMILES string of the molecule is CC(CN1CCCCC1)Nc1ncc(C(=O)O)cc1N. The monoisotopic (exact) mass is 278 g/mol. The number of aromatic carboxylic acids is 1. The van der Waals surface area contributed by atoms with Crippen LogP contribution in [0.5, 0.6) is 0 Å². The van der Waals surface area contributed by atoms with Crippen LogP contribution < -0.4 is 11.1 Å². The molecule has 0 saturated carbocycles. The van der Waals surface area contributed by atoms with Gasteiger partial charge in [-0.1, -0.05) is 6.42 Å². The zero-order valence-electron chi connectivity index (χ0n) is 11.8. The lowest BCUT2D eigenvalue weighted by molar-refractivity contribution is 0.0696. The summed E-state index contributed by atoms with van der Waals surface area (Å²) in [5.74, 6) is -0.461. The Balaban J connectivity index is 1.93. The van der Waals surface area contributed by atoms with Crippen molar-refractivity contribution in [2.75, 3.05) is 30.7 Å². The molecule has 20 heavy (non-hydrogen) atoms. The predicted octanol–water partition coefficient (Wildman–Crippen LogP) is 1.65. The number of rotatable bonds is 5. The van der Waals surface area contributed by atoms with Gasteiger partial charge in [0.25, 0.3) is 0 Å². The number of carboxylic acids is 1. The second-order valence-electron chi connectivity index (χ2n) is 5.37. The molecule has 1 fully saturated rings. The van der Waals surface area contributed by atoms with E-state index < -0.39 is 5.97 Å². The fraction of sp³-hybridized carbons (Fsp3) is 0.571. The van der Waals surface area contributed by atoms with E-state index in [9.17, 15) is 4.79 Å². The summed E-state index contributed by atoms with van der Waals surface area (Å²) in [6.45, 7) is 5.32. The van der Waals surface area contributed by atoms with Crippen LogP contribution >= 0.6 is 0 Å². The first-order chi connectivity index (χ1) is 9.56. The molecule has 0 amide bonds. The van der Waals surface area contributed by atoms with Gasteiger partial charge in [-0.25, -0.2) is 9.78 Å². The van der Waals surface area contributed by atoms with E-state index in [0.717, 1.165) is 19.6 Å². The molecule has 0 bridgehead atoms. The average molecular weight is 278 g/mol. The van der Waals surface area contributed by atoms with Crippen molar-refractivity contribution in [3.8, 4) is 0 Å². The highest BCUT2D eigenvalue weighted by atomic mass is 16.4. The number of pyridine rings is 1. The molecular formula is C14H22N4O2. The number of likely N-dealkylation sites (tertiary alicyclic amines) is 1. The van der Waals surface area contributed by atoms with Crippen molar-refractivity contribution in [2.24, 2.45) is 0 Å². The zero-order valence-corrected chi connectivity index (χ0v) is 11.8. The third kappa shape index (κ3) is 3.84. The van der Waals surface area contributed by atoms with Gasteiger partial charge in [-0.2, -0.15) is 0 Å². The van der Waals surface area contributed by atoms with E-state index >= 15 is 0 Å². The fourth-order valence-electron chi connectivity index (χ4n) is 2.53. The molecule has 0 aliphatic carbocycles. The quantitative estimate of drug-likeness (QED) is 0.758. The number of hydrogen-bond donors (Lipinski definition) is 3. The van der Waals surface area contributed by atoms with Gasteiger partial charge in [0, 0.05) is 18.8 Å². The van der Waals surface area contributed by atoms with Crippen LogP contribution in [0.4, 0.5) is 11.5 Å². The Morgan fingerprint density at radius 2 is 2.20 bits per heavy atom. The summed E-state index contributed by atoms with van der Waals surface area (Å²) in [6.07, 6.45) is 5.18. The van der Waals surface area contributed by atoms with Gasteiger partial charge in [0.05, 0.1) is 11.3 Å². The van der Waals surface area contributed by atoms with Gasteiger partial charge >= 0.3 is 5.97 Å². The third-order valence-electron chi connectivity index (χ3n) is 3.53. The minimum atomic E-state index is -1.02. The molecule has 4 N–H and O–H groups in total. The molecule has 2 rings (SSSR count). The molecule has 1 aromatic heterocycles. The summed E-state index contributed by atoms with van der Waals surface area (Å²) in [5, 5.41) is 12.1. The van der Waals surface area contributed by atoms with Crippen molar-refractivity contribution < 1.29 is 9.90 Å². The van der Waals surface area contributed by atoms with Crippen LogP contribution in [0.3, 0.4) is 0 Å². The lowest BCUT2D eigenvalue weighted by atomic mass is 10.1. The Bertz CT molecular complexity index is 472. The second kappa shape index (κ2) is 6.56. The summed E-state index contributed by atoms with van der Waals surface area (Å²) >= 11 is 0. The molecule has 2 heterocycles. The molecule has 6 heteroatoms. The van der Waals surface area contributed by atoms with Crippen LogP contribution in [-0.4, -0.2) is 46.6 Å². The van der Waals surface area contributed by atoms with Crippen molar-refractivity contribution in [2.45, 2.75) is 32.2 Å². The number of hydrogen-bond acceptors (Lipinski definition) is 5. The maximum absolute atomic E-state index is 10.8. The minimum absolute atomic E-state index is 0.108. The summed E-state index contributed by atoms with van der Waals surface area (Å²) in [5.41, 5.74) is 6.32. The summed E-state index contributed by atoms with van der Waals surface area (Å²) in [4.78, 5) is 17.4. The van der Waals surface area contributed by atoms with Crippen LogP contribution in [0.25, 0.3) is 0 Å². The fourth-order valence-corrected chi connectivity index (χ4v) is 2.53. The third-order valence-corrected chi connectivity index (χ3v) is 3.53. The molecule has 0 radical (unpaired) electrons. The van der Waals surface area contributed by atoms with Gasteiger partial charge in [0.1, 0.15) is 5.82 Å². The highest BCUT2D eigenvalue weighted by Gasteiger charge is 2.15. The van der Waals surface area contributed by atoms with Crippen LogP contribution in [0, 0.1) is 0 Å². The molecule has 110 valence electrons. The van der Waals surface area contributed by atoms with Gasteiger partial charge in [0.15, 0.2) is 0 Å². The van der Waals surface area contributed by atoms with Crippen LogP contribution in [0.2, 0.25) is 0 Å². The molecule has 6 nitrogen and oxygen atoms in total. The van der Waals surface area contributed by atoms with Gasteiger partial charge < -0.3 is 21.1 Å². The molecule has 1 aromatic rings. The number of nitrogens with two attached hydrogens (primary N) is 1. The summed E-state index contributed by atoms with van der Waals surface area (Å²) < 4.78 is 0. The number of nitrogens with one attached hydrogen (secondary N) is 1. The van der Waals surface area contributed by atoms with Crippen LogP contribution in [0.1, 0.15) is 36.5 Å². The molecule has 1 aliphatic heterocycles. The van der Waals surface area contributed by atoms with E-state index in [1.165, 1.54) is 31.5 Å². The van der Waals surface area contributed by atoms with E-state index in [0.29, 0.717) is 11.5 Å². The standard InChI is InChI=1S/C14H22N4O2/c1-10(9-18-5-3-2-4-6-18)17-13-12(15)7-11(8-16-13)14(19)20/h7-8,10H,2-6,9,15H2,1H3,(H,16,17)(H,19,20). The van der Waals surface area contributed by atoms with E-state index in [2.05, 4.69) is 22.1 Å². The molecule has 0 spiro atoms. The lowest BCUT2D eigenvalue weighted by Crippen LogP contribution is -2.38. The van der Waals surface area contributed by atoms with E-state index in [1.54, 1.807) is 0 Å². The van der Waals surface area contributed by atoms with Crippen molar-refractivity contribution >= 4 is 17.5 Å². The van der Waals surface area contributed by atoms with Crippen molar-refractivity contribution in [3.63, 3.8) is 0 Å². The normalized spacial score (nSPS) is 17.6. The highest BCUT2D eigenvalue weighted by Crippen LogP contribution is 2.18. The van der Waals surface area contributed by atoms with Crippen LogP contribution in [0.15, 0.2) is 12.3 Å². The first-order valence-electron chi connectivity index (χ1n) is 7.04. The van der Waals surface area contributed by atoms with Crippen LogP contribution in [-0.2, 0) is 0 Å². The lowest BCUT2D eigenvalue weighted by Gasteiger charge is -2.29. The first kappa shape index (κ1) is 14.6. The zero-order chi connectivity index (χ0) is 14.5. The Hall–Kier alpha value is -1.82. The number of aromatic nitrogens is 1. The average Bonchev–Trinajstić information content (AvgIpc) is 2.42. The molecule has 1 unspecified atom stereocenters. The number of nitrogens with zero attached hydrogens (tertiary/aromatic N) is 2. The van der Waals surface area contributed by atoms with E-state index in [4.69, 9.17) is 10.8 Å². The molecule has 1 atom stereocenters. The largest absolute Gasteiger partial charge is 0.478 e. The summed E-state index contributed by atoms with van der Waals surface area (Å²) in [7, 11) is 0. The molecule has 0 aromatic carbocycles. The van der Waals surface area contributed by atoms with Crippen molar-refractivity contribution in [1.82, 2.24) is 9.88 Å². The van der Waals surface area contributed by atoms with Gasteiger partial charge in [0.2, 0.25) is 0 Å². The topological polar surface area (TPSA) is 91.5 Å². The Morgan fingerprint density at radius 3 is 2.80 bits per heavy atom. The maximum Gasteiger partial charge on any atom is 0.337 e. The number of carboxylic acid groups (broad SMARTS) is 1. The Morgan fingerprint density at radius 1 is 1.50 bits per heavy atom. The van der Waals surface area contributed by atoms with Gasteiger partial charge in [-0.3, -0.25) is 0 Å². The molecule has 1 saturated heterocycles. The number of piperidine rings is 1. The van der Waals surface area contributed by atoms with E-state index in [1.807, 2.05) is 0 Å². The molecule has 1 aliphatic rings. The number of nitrogen functional groups attached to an aromatic ring is 1. The van der Waals surface area contributed by atoms with Crippen molar-refractivity contribution in [1.29, 1.82) is 0 Å². The maximum atomic E-state index is 10.8.